The predicted molar refractivity (Wildman–Crippen MR) is 85.9 cm³/mol. The Kier molecular flexibility index (Phi) is 12.7. The quantitative estimate of drug-likeness (QED) is 0.453. The van der Waals surface area contributed by atoms with Gasteiger partial charge in [0.1, 0.15) is 6.54 Å². The van der Waals surface area contributed by atoms with E-state index >= 15 is 0 Å². The van der Waals surface area contributed by atoms with Crippen LogP contribution in [0.3, 0.4) is 0 Å². The minimum absolute atomic E-state index is 0.0251. The Labute approximate surface area is 129 Å². The summed E-state index contributed by atoms with van der Waals surface area (Å²) in [7, 11) is -3.42. The standard InChI is InChI=1S/C15H31NO4S/c1-2-3-4-5-6-7-8-9-10-11-12-13-21(19,20)16-14-15(17)18/h16H,2-14H2,1H3,(H,17,18). The summed E-state index contributed by atoms with van der Waals surface area (Å²) < 4.78 is 24.9. The first kappa shape index (κ1) is 20.4. The molecule has 0 fully saturated rings. The van der Waals surface area contributed by atoms with E-state index in [1.54, 1.807) is 0 Å². The number of hydrogen-bond acceptors (Lipinski definition) is 3. The van der Waals surface area contributed by atoms with Crippen LogP contribution in [0.4, 0.5) is 0 Å². The number of carboxylic acid groups (broad SMARTS) is 1. The van der Waals surface area contributed by atoms with Crippen LogP contribution in [0.1, 0.15) is 77.6 Å². The highest BCUT2D eigenvalue weighted by Crippen LogP contribution is 2.11. The van der Waals surface area contributed by atoms with Crippen LogP contribution in [0, 0.1) is 0 Å². The molecule has 0 amide bonds. The SMILES string of the molecule is CCCCCCCCCCCCCS(=O)(=O)NCC(=O)O. The molecule has 21 heavy (non-hydrogen) atoms. The van der Waals surface area contributed by atoms with Crippen molar-refractivity contribution >= 4 is 16.0 Å². The van der Waals surface area contributed by atoms with E-state index in [-0.39, 0.29) is 5.75 Å². The van der Waals surface area contributed by atoms with Crippen LogP contribution in [-0.4, -0.2) is 31.8 Å². The third-order valence-electron chi connectivity index (χ3n) is 3.46. The molecule has 0 aromatic heterocycles. The van der Waals surface area contributed by atoms with Gasteiger partial charge in [-0.2, -0.15) is 0 Å². The summed E-state index contributed by atoms with van der Waals surface area (Å²) in [5, 5.41) is 8.41. The second-order valence-electron chi connectivity index (χ2n) is 5.57. The van der Waals surface area contributed by atoms with E-state index in [9.17, 15) is 13.2 Å². The minimum Gasteiger partial charge on any atom is -0.480 e. The van der Waals surface area contributed by atoms with Crippen LogP contribution in [0.15, 0.2) is 0 Å². The van der Waals surface area contributed by atoms with E-state index in [4.69, 9.17) is 5.11 Å². The summed E-state index contributed by atoms with van der Waals surface area (Å²) in [6.07, 6.45) is 12.8. The number of rotatable bonds is 15. The molecular formula is C15H31NO4S. The maximum absolute atomic E-state index is 11.4. The Hall–Kier alpha value is -0.620. The van der Waals surface area contributed by atoms with Crippen LogP contribution in [0.5, 0.6) is 0 Å². The number of carboxylic acids is 1. The molecule has 126 valence electrons. The molecule has 0 saturated carbocycles. The molecule has 0 bridgehead atoms. The highest BCUT2D eigenvalue weighted by molar-refractivity contribution is 7.89. The zero-order valence-corrected chi connectivity index (χ0v) is 14.1. The van der Waals surface area contributed by atoms with Crippen molar-refractivity contribution in [3.8, 4) is 0 Å². The van der Waals surface area contributed by atoms with E-state index in [0.29, 0.717) is 6.42 Å². The summed E-state index contributed by atoms with van der Waals surface area (Å²) in [5.41, 5.74) is 0. The van der Waals surface area contributed by atoms with Gasteiger partial charge in [0.15, 0.2) is 0 Å². The van der Waals surface area contributed by atoms with Crippen molar-refractivity contribution in [2.45, 2.75) is 77.6 Å². The molecule has 5 nitrogen and oxygen atoms in total. The summed E-state index contributed by atoms with van der Waals surface area (Å²) >= 11 is 0. The van der Waals surface area contributed by atoms with Gasteiger partial charge in [-0.05, 0) is 6.42 Å². The molecule has 0 heterocycles. The summed E-state index contributed by atoms with van der Waals surface area (Å²) in [6, 6.07) is 0. The highest BCUT2D eigenvalue weighted by atomic mass is 32.2. The Balaban J connectivity index is 3.33. The topological polar surface area (TPSA) is 83.5 Å². The Morgan fingerprint density at radius 2 is 1.29 bits per heavy atom. The van der Waals surface area contributed by atoms with Gasteiger partial charge in [-0.15, -0.1) is 0 Å². The van der Waals surface area contributed by atoms with Crippen LogP contribution in [-0.2, 0) is 14.8 Å². The van der Waals surface area contributed by atoms with Crippen molar-refractivity contribution < 1.29 is 18.3 Å². The lowest BCUT2D eigenvalue weighted by Crippen LogP contribution is -2.31. The van der Waals surface area contributed by atoms with Crippen molar-refractivity contribution in [1.29, 1.82) is 0 Å². The van der Waals surface area contributed by atoms with Crippen LogP contribution >= 0.6 is 0 Å². The van der Waals surface area contributed by atoms with Crippen LogP contribution < -0.4 is 4.72 Å². The van der Waals surface area contributed by atoms with Gasteiger partial charge in [0, 0.05) is 0 Å². The van der Waals surface area contributed by atoms with Gasteiger partial charge in [-0.1, -0.05) is 71.1 Å². The normalized spacial score (nSPS) is 11.7. The lowest BCUT2D eigenvalue weighted by atomic mass is 10.1. The van der Waals surface area contributed by atoms with Gasteiger partial charge < -0.3 is 5.11 Å². The van der Waals surface area contributed by atoms with Gasteiger partial charge in [-0.3, -0.25) is 4.79 Å². The van der Waals surface area contributed by atoms with Crippen molar-refractivity contribution in [2.24, 2.45) is 0 Å². The van der Waals surface area contributed by atoms with Gasteiger partial charge in [0.2, 0.25) is 10.0 Å². The first-order valence-corrected chi connectivity index (χ1v) is 9.82. The molecule has 0 saturated heterocycles. The number of unbranched alkanes of at least 4 members (excludes halogenated alkanes) is 10. The van der Waals surface area contributed by atoms with Crippen molar-refractivity contribution in [1.82, 2.24) is 4.72 Å². The summed E-state index contributed by atoms with van der Waals surface area (Å²) in [5.74, 6) is -1.13. The number of carbonyl (C=O) groups is 1. The lowest BCUT2D eigenvalue weighted by molar-refractivity contribution is -0.135. The molecule has 0 aromatic rings. The largest absolute Gasteiger partial charge is 0.480 e. The maximum atomic E-state index is 11.4. The maximum Gasteiger partial charge on any atom is 0.318 e. The first-order valence-electron chi connectivity index (χ1n) is 8.17. The molecule has 0 atom stereocenters. The molecule has 0 aliphatic heterocycles. The van der Waals surface area contributed by atoms with E-state index in [2.05, 4.69) is 11.6 Å². The van der Waals surface area contributed by atoms with E-state index < -0.39 is 22.5 Å². The molecule has 0 rings (SSSR count). The highest BCUT2D eigenvalue weighted by Gasteiger charge is 2.10. The molecule has 0 unspecified atom stereocenters. The van der Waals surface area contributed by atoms with Crippen molar-refractivity contribution in [3.05, 3.63) is 0 Å². The van der Waals surface area contributed by atoms with Gasteiger partial charge >= 0.3 is 5.97 Å². The number of nitrogens with one attached hydrogen (secondary N) is 1. The second-order valence-corrected chi connectivity index (χ2v) is 7.50. The third-order valence-corrected chi connectivity index (χ3v) is 4.87. The third kappa shape index (κ3) is 15.6. The van der Waals surface area contributed by atoms with Gasteiger partial charge in [-0.25, -0.2) is 13.1 Å². The molecular weight excluding hydrogens is 290 g/mol. The Bertz CT molecular complexity index is 355. The zero-order valence-electron chi connectivity index (χ0n) is 13.3. The zero-order chi connectivity index (χ0) is 16.0. The fourth-order valence-corrected chi connectivity index (χ4v) is 3.27. The predicted octanol–water partition coefficient (Wildman–Crippen LogP) is 3.30. The van der Waals surface area contributed by atoms with E-state index in [1.165, 1.54) is 44.9 Å². The molecule has 6 heteroatoms. The van der Waals surface area contributed by atoms with Crippen molar-refractivity contribution in [2.75, 3.05) is 12.3 Å². The van der Waals surface area contributed by atoms with Gasteiger partial charge in [0.05, 0.1) is 5.75 Å². The Morgan fingerprint density at radius 1 is 0.857 bits per heavy atom. The molecule has 0 aromatic carbocycles. The average molecular weight is 321 g/mol. The minimum atomic E-state index is -3.42. The van der Waals surface area contributed by atoms with Crippen LogP contribution in [0.25, 0.3) is 0 Å². The Morgan fingerprint density at radius 3 is 1.71 bits per heavy atom. The second kappa shape index (κ2) is 13.1. The number of hydrogen-bond donors (Lipinski definition) is 2. The average Bonchev–Trinajstić information content (AvgIpc) is 2.43. The number of sulfonamides is 1. The monoisotopic (exact) mass is 321 g/mol. The van der Waals surface area contributed by atoms with E-state index in [1.807, 2.05) is 0 Å². The summed E-state index contributed by atoms with van der Waals surface area (Å²) in [4.78, 5) is 10.3. The molecule has 0 radical (unpaired) electrons. The number of aliphatic carboxylic acids is 1. The molecule has 0 aliphatic carbocycles. The lowest BCUT2D eigenvalue weighted by Gasteiger charge is -2.05. The molecule has 0 aliphatic rings. The first-order chi connectivity index (χ1) is 9.98. The van der Waals surface area contributed by atoms with Crippen LogP contribution in [0.2, 0.25) is 0 Å². The molecule has 0 spiro atoms. The summed E-state index contributed by atoms with van der Waals surface area (Å²) in [6.45, 7) is 1.69. The fraction of sp³-hybridized carbons (Fsp3) is 0.933. The van der Waals surface area contributed by atoms with Gasteiger partial charge in [0.25, 0.3) is 0 Å². The van der Waals surface area contributed by atoms with E-state index in [0.717, 1.165) is 19.3 Å². The smallest absolute Gasteiger partial charge is 0.318 e. The fourth-order valence-electron chi connectivity index (χ4n) is 2.20. The van der Waals surface area contributed by atoms with Crippen molar-refractivity contribution in [3.63, 3.8) is 0 Å². The molecule has 2 N–H and O–H groups in total.